The lowest BCUT2D eigenvalue weighted by Gasteiger charge is -2.33. The van der Waals surface area contributed by atoms with Crippen molar-refractivity contribution in [1.29, 1.82) is 0 Å². The van der Waals surface area contributed by atoms with Crippen LogP contribution in [-0.4, -0.2) is 49.5 Å². The fourth-order valence-corrected chi connectivity index (χ4v) is 4.16. The number of benzene rings is 2. The summed E-state index contributed by atoms with van der Waals surface area (Å²) in [4.78, 5) is 27.6. The van der Waals surface area contributed by atoms with Crippen LogP contribution < -0.4 is 9.62 Å². The lowest BCUT2D eigenvalue weighted by atomic mass is 10.1. The van der Waals surface area contributed by atoms with Gasteiger partial charge in [-0.3, -0.25) is 13.9 Å². The topological polar surface area (TPSA) is 86.8 Å². The number of anilines is 1. The van der Waals surface area contributed by atoms with Crippen molar-refractivity contribution in [2.24, 2.45) is 0 Å². The number of nitrogens with one attached hydrogen (secondary N) is 1. The van der Waals surface area contributed by atoms with Gasteiger partial charge in [-0.1, -0.05) is 41.9 Å². The molecule has 0 radical (unpaired) electrons. The van der Waals surface area contributed by atoms with Gasteiger partial charge in [0.15, 0.2) is 0 Å². The first-order valence-corrected chi connectivity index (χ1v) is 12.4. The molecule has 7 nitrogen and oxygen atoms in total. The molecule has 0 aliphatic heterocycles. The summed E-state index contributed by atoms with van der Waals surface area (Å²) in [6.07, 6.45) is 1.05. The van der Waals surface area contributed by atoms with Crippen molar-refractivity contribution < 1.29 is 18.0 Å². The second-order valence-electron chi connectivity index (χ2n) is 8.67. The van der Waals surface area contributed by atoms with E-state index in [9.17, 15) is 18.0 Å². The van der Waals surface area contributed by atoms with Gasteiger partial charge >= 0.3 is 0 Å². The molecule has 0 spiro atoms. The van der Waals surface area contributed by atoms with Gasteiger partial charge in [-0.05, 0) is 57.5 Å². The predicted molar refractivity (Wildman–Crippen MR) is 128 cm³/mol. The predicted octanol–water partition coefficient (Wildman–Crippen LogP) is 3.44. The van der Waals surface area contributed by atoms with Crippen molar-refractivity contribution in [3.63, 3.8) is 0 Å². The zero-order chi connectivity index (χ0) is 24.1. The van der Waals surface area contributed by atoms with E-state index < -0.39 is 34.1 Å². The van der Waals surface area contributed by atoms with Crippen LogP contribution in [-0.2, 0) is 26.2 Å². The maximum Gasteiger partial charge on any atom is 0.244 e. The normalized spacial score (nSPS) is 12.7. The number of halogens is 1. The number of para-hydroxylation sites is 1. The molecule has 9 heteroatoms. The second kappa shape index (κ2) is 10.4. The van der Waals surface area contributed by atoms with Crippen molar-refractivity contribution in [3.05, 3.63) is 65.2 Å². The summed E-state index contributed by atoms with van der Waals surface area (Å²) in [5, 5.41) is 3.38. The summed E-state index contributed by atoms with van der Waals surface area (Å²) in [6.45, 7) is 6.84. The Kier molecular flexibility index (Phi) is 8.31. The first-order valence-electron chi connectivity index (χ1n) is 10.2. The van der Waals surface area contributed by atoms with Crippen molar-refractivity contribution in [3.8, 4) is 0 Å². The maximum absolute atomic E-state index is 13.4. The second-order valence-corrected chi connectivity index (χ2v) is 11.0. The number of hydrogen-bond donors (Lipinski definition) is 1. The van der Waals surface area contributed by atoms with E-state index in [2.05, 4.69) is 5.32 Å². The van der Waals surface area contributed by atoms with Crippen LogP contribution in [0, 0.1) is 0 Å². The fourth-order valence-electron chi connectivity index (χ4n) is 3.10. The van der Waals surface area contributed by atoms with E-state index >= 15 is 0 Å². The number of carbonyl (C=O) groups is 2. The van der Waals surface area contributed by atoms with Crippen LogP contribution in [0.2, 0.25) is 5.02 Å². The third-order valence-electron chi connectivity index (χ3n) is 4.63. The Morgan fingerprint density at radius 1 is 1.06 bits per heavy atom. The highest BCUT2D eigenvalue weighted by Gasteiger charge is 2.31. The van der Waals surface area contributed by atoms with Crippen LogP contribution in [0.1, 0.15) is 33.3 Å². The molecule has 2 aromatic carbocycles. The summed E-state index contributed by atoms with van der Waals surface area (Å²) in [5.41, 5.74) is 0.614. The van der Waals surface area contributed by atoms with Crippen LogP contribution >= 0.6 is 11.6 Å². The Morgan fingerprint density at radius 2 is 1.69 bits per heavy atom. The van der Waals surface area contributed by atoms with Crippen molar-refractivity contribution in [2.75, 3.05) is 17.1 Å². The van der Waals surface area contributed by atoms with E-state index in [1.807, 2.05) is 20.8 Å². The molecule has 1 unspecified atom stereocenters. The SMILES string of the molecule is CC(C(=O)NC(C)(C)C)N(Cc1cccc(Cl)c1)C(=O)CN(c1ccccc1)S(C)(=O)=O. The molecule has 1 N–H and O–H groups in total. The van der Waals surface area contributed by atoms with E-state index in [-0.39, 0.29) is 12.5 Å². The Balaban J connectivity index is 2.38. The average Bonchev–Trinajstić information content (AvgIpc) is 2.68. The minimum absolute atomic E-state index is 0.102. The average molecular weight is 480 g/mol. The number of rotatable bonds is 8. The van der Waals surface area contributed by atoms with Gasteiger partial charge in [-0.15, -0.1) is 0 Å². The van der Waals surface area contributed by atoms with Gasteiger partial charge in [0.2, 0.25) is 21.8 Å². The van der Waals surface area contributed by atoms with Gasteiger partial charge in [-0.2, -0.15) is 0 Å². The van der Waals surface area contributed by atoms with Gasteiger partial charge in [0.05, 0.1) is 11.9 Å². The van der Waals surface area contributed by atoms with Crippen LogP contribution in [0.3, 0.4) is 0 Å². The molecule has 32 heavy (non-hydrogen) atoms. The molecule has 0 fully saturated rings. The lowest BCUT2D eigenvalue weighted by molar-refractivity contribution is -0.140. The van der Waals surface area contributed by atoms with E-state index in [4.69, 9.17) is 11.6 Å². The third-order valence-corrected chi connectivity index (χ3v) is 6.01. The third kappa shape index (κ3) is 7.53. The summed E-state index contributed by atoms with van der Waals surface area (Å²) < 4.78 is 25.9. The molecule has 0 saturated carbocycles. The smallest absolute Gasteiger partial charge is 0.244 e. The molecule has 0 heterocycles. The van der Waals surface area contributed by atoms with Gasteiger partial charge in [0.25, 0.3) is 0 Å². The highest BCUT2D eigenvalue weighted by atomic mass is 35.5. The highest BCUT2D eigenvalue weighted by molar-refractivity contribution is 7.92. The Hall–Kier alpha value is -2.58. The molecular formula is C23H30ClN3O4S. The Morgan fingerprint density at radius 3 is 2.22 bits per heavy atom. The number of nitrogens with zero attached hydrogens (tertiary/aromatic N) is 2. The fraction of sp³-hybridized carbons (Fsp3) is 0.391. The van der Waals surface area contributed by atoms with Crippen molar-refractivity contribution in [2.45, 2.75) is 45.8 Å². The number of carbonyl (C=O) groups excluding carboxylic acids is 2. The van der Waals surface area contributed by atoms with Crippen LogP contribution in [0.15, 0.2) is 54.6 Å². The summed E-state index contributed by atoms with van der Waals surface area (Å²) in [5.74, 6) is -0.839. The summed E-state index contributed by atoms with van der Waals surface area (Å²) in [7, 11) is -3.74. The first kappa shape index (κ1) is 25.7. The van der Waals surface area contributed by atoms with E-state index in [0.29, 0.717) is 10.7 Å². The molecule has 0 saturated heterocycles. The van der Waals surface area contributed by atoms with Gasteiger partial charge in [0, 0.05) is 17.1 Å². The molecule has 0 aliphatic rings. The Bertz CT molecular complexity index is 1050. The molecule has 174 valence electrons. The molecule has 0 bridgehead atoms. The molecule has 2 rings (SSSR count). The first-order chi connectivity index (χ1) is 14.8. The van der Waals surface area contributed by atoms with Crippen LogP contribution in [0.4, 0.5) is 5.69 Å². The van der Waals surface area contributed by atoms with Gasteiger partial charge in [0.1, 0.15) is 12.6 Å². The van der Waals surface area contributed by atoms with E-state index in [1.165, 1.54) is 4.90 Å². The zero-order valence-corrected chi connectivity index (χ0v) is 20.6. The maximum atomic E-state index is 13.4. The molecule has 2 amide bonds. The minimum atomic E-state index is -3.74. The lowest BCUT2D eigenvalue weighted by Crippen LogP contribution is -2.54. The Labute approximate surface area is 195 Å². The van der Waals surface area contributed by atoms with Crippen LogP contribution in [0.5, 0.6) is 0 Å². The zero-order valence-electron chi connectivity index (χ0n) is 19.0. The van der Waals surface area contributed by atoms with Crippen molar-refractivity contribution >= 4 is 39.1 Å². The highest BCUT2D eigenvalue weighted by Crippen LogP contribution is 2.19. The van der Waals surface area contributed by atoms with Crippen LogP contribution in [0.25, 0.3) is 0 Å². The molecule has 1 atom stereocenters. The van der Waals surface area contributed by atoms with E-state index in [0.717, 1.165) is 16.1 Å². The minimum Gasteiger partial charge on any atom is -0.350 e. The summed E-state index contributed by atoms with van der Waals surface area (Å²) >= 11 is 6.09. The summed E-state index contributed by atoms with van der Waals surface area (Å²) in [6, 6.07) is 14.5. The molecule has 0 aliphatic carbocycles. The number of hydrogen-bond acceptors (Lipinski definition) is 4. The number of sulfonamides is 1. The number of amides is 2. The van der Waals surface area contributed by atoms with Crippen molar-refractivity contribution in [1.82, 2.24) is 10.2 Å². The monoisotopic (exact) mass is 479 g/mol. The van der Waals surface area contributed by atoms with Gasteiger partial charge in [-0.25, -0.2) is 8.42 Å². The van der Waals surface area contributed by atoms with E-state index in [1.54, 1.807) is 61.5 Å². The molecular weight excluding hydrogens is 450 g/mol. The molecule has 0 aromatic heterocycles. The molecule has 2 aromatic rings. The quantitative estimate of drug-likeness (QED) is 0.628. The standard InChI is InChI=1S/C23H30ClN3O4S/c1-17(22(29)25-23(2,3)4)26(15-18-10-9-11-19(24)14-18)21(28)16-27(32(5,30)31)20-12-7-6-8-13-20/h6-14,17H,15-16H2,1-5H3,(H,25,29). The van der Waals surface area contributed by atoms with Gasteiger partial charge < -0.3 is 10.2 Å². The largest absolute Gasteiger partial charge is 0.350 e.